The van der Waals surface area contributed by atoms with Crippen molar-refractivity contribution in [2.75, 3.05) is 12.0 Å². The first-order chi connectivity index (χ1) is 14.6. The summed E-state index contributed by atoms with van der Waals surface area (Å²) >= 11 is 6.03. The SMILES string of the molecule is O=C(NCNC1CCCC1)c1cccc(CNc2ccc3c(Cl)n[nH]c(=O)c3c2)c1. The van der Waals surface area contributed by atoms with Crippen LogP contribution in [0, 0.1) is 0 Å². The Labute approximate surface area is 179 Å². The molecule has 1 aliphatic carbocycles. The Morgan fingerprint density at radius 2 is 1.97 bits per heavy atom. The first-order valence-electron chi connectivity index (χ1n) is 10.1. The number of fused-ring (bicyclic) bond motifs is 1. The van der Waals surface area contributed by atoms with Gasteiger partial charge in [-0.2, -0.15) is 5.10 Å². The van der Waals surface area contributed by atoms with Gasteiger partial charge < -0.3 is 10.6 Å². The van der Waals surface area contributed by atoms with Gasteiger partial charge in [0.15, 0.2) is 5.15 Å². The van der Waals surface area contributed by atoms with E-state index in [1.54, 1.807) is 18.2 Å². The van der Waals surface area contributed by atoms with Crippen LogP contribution in [0.15, 0.2) is 47.3 Å². The fraction of sp³-hybridized carbons (Fsp3) is 0.318. The number of aromatic amines is 1. The molecule has 1 fully saturated rings. The standard InChI is InChI=1S/C22H24ClN5O2/c23-20-18-9-8-17(11-19(18)22(30)28-27-20)24-12-14-4-3-5-15(10-14)21(29)26-13-25-16-6-1-2-7-16/h3-5,8-11,16,24-25H,1-2,6-7,12-13H2,(H,26,29)(H,28,30). The number of benzene rings is 2. The Balaban J connectivity index is 1.37. The Morgan fingerprint density at radius 1 is 1.13 bits per heavy atom. The largest absolute Gasteiger partial charge is 0.381 e. The summed E-state index contributed by atoms with van der Waals surface area (Å²) in [4.78, 5) is 24.4. The van der Waals surface area contributed by atoms with Gasteiger partial charge in [-0.3, -0.25) is 14.9 Å². The molecule has 4 N–H and O–H groups in total. The van der Waals surface area contributed by atoms with E-state index in [9.17, 15) is 9.59 Å². The van der Waals surface area contributed by atoms with Crippen molar-refractivity contribution in [3.8, 4) is 0 Å². The molecule has 1 heterocycles. The lowest BCUT2D eigenvalue weighted by Gasteiger charge is -2.13. The molecule has 3 aromatic rings. The Bertz CT molecular complexity index is 1110. The highest BCUT2D eigenvalue weighted by Crippen LogP contribution is 2.21. The van der Waals surface area contributed by atoms with Gasteiger partial charge >= 0.3 is 0 Å². The third-order valence-electron chi connectivity index (χ3n) is 5.42. The molecule has 1 amide bonds. The second-order valence-electron chi connectivity index (χ2n) is 7.53. The highest BCUT2D eigenvalue weighted by Gasteiger charge is 2.14. The zero-order valence-electron chi connectivity index (χ0n) is 16.5. The first kappa shape index (κ1) is 20.4. The average Bonchev–Trinajstić information content (AvgIpc) is 3.28. The van der Waals surface area contributed by atoms with E-state index in [2.05, 4.69) is 26.1 Å². The maximum atomic E-state index is 12.4. The van der Waals surface area contributed by atoms with Crippen LogP contribution < -0.4 is 21.5 Å². The summed E-state index contributed by atoms with van der Waals surface area (Å²) in [5.41, 5.74) is 2.08. The summed E-state index contributed by atoms with van der Waals surface area (Å²) in [6.45, 7) is 0.999. The average molecular weight is 426 g/mol. The minimum atomic E-state index is -0.289. The molecule has 0 saturated heterocycles. The van der Waals surface area contributed by atoms with Crippen LogP contribution >= 0.6 is 11.6 Å². The summed E-state index contributed by atoms with van der Waals surface area (Å²) in [5, 5.41) is 17.1. The lowest BCUT2D eigenvalue weighted by atomic mass is 10.1. The van der Waals surface area contributed by atoms with E-state index in [1.807, 2.05) is 24.3 Å². The van der Waals surface area contributed by atoms with E-state index in [1.165, 1.54) is 25.7 Å². The Morgan fingerprint density at radius 3 is 2.80 bits per heavy atom. The van der Waals surface area contributed by atoms with E-state index in [0.29, 0.717) is 35.6 Å². The van der Waals surface area contributed by atoms with Crippen LogP contribution in [-0.4, -0.2) is 28.8 Å². The lowest BCUT2D eigenvalue weighted by Crippen LogP contribution is -2.38. The molecule has 0 unspecified atom stereocenters. The molecular weight excluding hydrogens is 402 g/mol. The molecule has 7 nitrogen and oxygen atoms in total. The van der Waals surface area contributed by atoms with Crippen molar-refractivity contribution in [2.45, 2.75) is 38.3 Å². The summed E-state index contributed by atoms with van der Waals surface area (Å²) in [6, 6.07) is 13.4. The third kappa shape index (κ3) is 4.80. The molecule has 1 saturated carbocycles. The molecule has 2 aromatic carbocycles. The zero-order chi connectivity index (χ0) is 20.9. The molecule has 0 atom stereocenters. The van der Waals surface area contributed by atoms with Gasteiger partial charge in [-0.25, -0.2) is 5.10 Å². The van der Waals surface area contributed by atoms with Crippen LogP contribution in [-0.2, 0) is 6.54 Å². The summed E-state index contributed by atoms with van der Waals surface area (Å²) < 4.78 is 0. The Hall–Kier alpha value is -2.90. The number of rotatable bonds is 7. The molecule has 0 radical (unpaired) electrons. The molecule has 1 aliphatic rings. The van der Waals surface area contributed by atoms with Gasteiger partial charge in [0.2, 0.25) is 0 Å². The second kappa shape index (κ2) is 9.28. The van der Waals surface area contributed by atoms with Gasteiger partial charge in [0.25, 0.3) is 11.5 Å². The molecule has 4 rings (SSSR count). The van der Waals surface area contributed by atoms with Crippen LogP contribution in [0.2, 0.25) is 5.15 Å². The summed E-state index contributed by atoms with van der Waals surface area (Å²) in [5.74, 6) is -0.0956. The van der Waals surface area contributed by atoms with Crippen LogP contribution in [0.25, 0.3) is 10.8 Å². The van der Waals surface area contributed by atoms with Crippen molar-refractivity contribution >= 4 is 34.0 Å². The lowest BCUT2D eigenvalue weighted by molar-refractivity contribution is 0.0949. The summed E-state index contributed by atoms with van der Waals surface area (Å²) in [7, 11) is 0. The first-order valence-corrected chi connectivity index (χ1v) is 10.5. The molecule has 8 heteroatoms. The number of halogens is 1. The van der Waals surface area contributed by atoms with Crippen LogP contribution in [0.3, 0.4) is 0 Å². The third-order valence-corrected chi connectivity index (χ3v) is 5.71. The van der Waals surface area contributed by atoms with Crippen molar-refractivity contribution in [1.29, 1.82) is 0 Å². The minimum absolute atomic E-state index is 0.0956. The fourth-order valence-electron chi connectivity index (χ4n) is 3.78. The number of anilines is 1. The smallest absolute Gasteiger partial charge is 0.272 e. The van der Waals surface area contributed by atoms with E-state index >= 15 is 0 Å². The molecule has 0 spiro atoms. The van der Waals surface area contributed by atoms with E-state index in [4.69, 9.17) is 11.6 Å². The number of hydrogen-bond acceptors (Lipinski definition) is 5. The number of H-pyrrole nitrogens is 1. The van der Waals surface area contributed by atoms with E-state index in [-0.39, 0.29) is 16.6 Å². The molecule has 1 aromatic heterocycles. The van der Waals surface area contributed by atoms with Crippen LogP contribution in [0.1, 0.15) is 41.6 Å². The number of hydrogen-bond donors (Lipinski definition) is 4. The summed E-state index contributed by atoms with van der Waals surface area (Å²) in [6.07, 6.45) is 4.88. The zero-order valence-corrected chi connectivity index (χ0v) is 17.3. The van der Waals surface area contributed by atoms with Crippen LogP contribution in [0.5, 0.6) is 0 Å². The molecule has 0 bridgehead atoms. The second-order valence-corrected chi connectivity index (χ2v) is 7.88. The maximum Gasteiger partial charge on any atom is 0.272 e. The van der Waals surface area contributed by atoms with Gasteiger partial charge in [0, 0.05) is 29.2 Å². The number of nitrogens with zero attached hydrogens (tertiary/aromatic N) is 1. The number of amides is 1. The molecule has 0 aliphatic heterocycles. The van der Waals surface area contributed by atoms with Gasteiger partial charge in [-0.1, -0.05) is 36.6 Å². The topological polar surface area (TPSA) is 98.9 Å². The number of carbonyl (C=O) groups is 1. The van der Waals surface area contributed by atoms with Crippen molar-refractivity contribution in [1.82, 2.24) is 20.8 Å². The normalized spacial score (nSPS) is 14.2. The van der Waals surface area contributed by atoms with Crippen LogP contribution in [0.4, 0.5) is 5.69 Å². The highest BCUT2D eigenvalue weighted by atomic mass is 35.5. The van der Waals surface area contributed by atoms with E-state index < -0.39 is 0 Å². The quantitative estimate of drug-likeness (QED) is 0.435. The highest BCUT2D eigenvalue weighted by molar-refractivity contribution is 6.34. The molecule has 156 valence electrons. The van der Waals surface area contributed by atoms with Crippen molar-refractivity contribution in [2.24, 2.45) is 0 Å². The van der Waals surface area contributed by atoms with Crippen molar-refractivity contribution < 1.29 is 4.79 Å². The number of aromatic nitrogens is 2. The number of nitrogens with one attached hydrogen (secondary N) is 4. The Kier molecular flexibility index (Phi) is 6.30. The number of carbonyl (C=O) groups excluding carboxylic acids is 1. The maximum absolute atomic E-state index is 12.4. The molecule has 30 heavy (non-hydrogen) atoms. The van der Waals surface area contributed by atoms with Crippen molar-refractivity contribution in [3.05, 3.63) is 69.1 Å². The predicted octanol–water partition coefficient (Wildman–Crippen LogP) is 3.41. The predicted molar refractivity (Wildman–Crippen MR) is 119 cm³/mol. The fourth-order valence-corrected chi connectivity index (χ4v) is 3.98. The van der Waals surface area contributed by atoms with Gasteiger partial charge in [-0.15, -0.1) is 0 Å². The van der Waals surface area contributed by atoms with Gasteiger partial charge in [0.1, 0.15) is 0 Å². The van der Waals surface area contributed by atoms with E-state index in [0.717, 1.165) is 11.3 Å². The van der Waals surface area contributed by atoms with Gasteiger partial charge in [0.05, 0.1) is 12.1 Å². The monoisotopic (exact) mass is 425 g/mol. The molecular formula is C22H24ClN5O2. The minimum Gasteiger partial charge on any atom is -0.381 e. The van der Waals surface area contributed by atoms with Crippen molar-refractivity contribution in [3.63, 3.8) is 0 Å². The van der Waals surface area contributed by atoms with Gasteiger partial charge in [-0.05, 0) is 48.7 Å².